The van der Waals surface area contributed by atoms with Crippen molar-refractivity contribution in [3.63, 3.8) is 0 Å². The van der Waals surface area contributed by atoms with Crippen molar-refractivity contribution in [3.05, 3.63) is 104 Å². The number of nitrogens with one attached hydrogen (secondary N) is 1. The number of rotatable bonds is 8. The average molecular weight is 586 g/mol. The van der Waals surface area contributed by atoms with Crippen LogP contribution in [0.4, 0.5) is 5.95 Å². The predicted octanol–water partition coefficient (Wildman–Crippen LogP) is 6.82. The first-order valence-electron chi connectivity index (χ1n) is 12.0. The van der Waals surface area contributed by atoms with Crippen LogP contribution in [0.15, 0.2) is 72.6 Å². The summed E-state index contributed by atoms with van der Waals surface area (Å²) >= 11 is 18.4. The molecule has 0 radical (unpaired) electrons. The number of aromatic nitrogens is 3. The van der Waals surface area contributed by atoms with E-state index in [4.69, 9.17) is 49.0 Å². The van der Waals surface area contributed by atoms with E-state index in [9.17, 15) is 4.79 Å². The molecular formula is C28H23Cl3N4O4. The molecule has 3 aromatic carbocycles. The number of halogens is 3. The van der Waals surface area contributed by atoms with Gasteiger partial charge in [-0.2, -0.15) is 10.1 Å². The van der Waals surface area contributed by atoms with E-state index >= 15 is 0 Å². The van der Waals surface area contributed by atoms with Gasteiger partial charge in [-0.3, -0.25) is 0 Å². The minimum atomic E-state index is -0.666. The minimum absolute atomic E-state index is 0.212. The number of ether oxygens (including phenoxy) is 3. The quantitative estimate of drug-likeness (QED) is 0.227. The van der Waals surface area contributed by atoms with Gasteiger partial charge in [-0.1, -0.05) is 59.1 Å². The second kappa shape index (κ2) is 11.6. The summed E-state index contributed by atoms with van der Waals surface area (Å²) in [4.78, 5) is 17.6. The standard InChI is InChI=1S/C28H23Cl3N4O4/c1-3-38-23-12-17(7-11-22(23)39-14-18-6-10-20(30)13-21(18)31)26-24(27(36)37-2)25(16-4-8-19(29)9-5-16)34-28-32-15-33-35(26)28/h4-13,15,26H,3,14H2,1-2H3,(H,32,33,34)/t26-/m1/s1. The van der Waals surface area contributed by atoms with E-state index in [0.29, 0.717) is 50.4 Å². The molecule has 1 aromatic heterocycles. The monoisotopic (exact) mass is 584 g/mol. The third-order valence-corrected chi connectivity index (χ3v) is 6.96. The summed E-state index contributed by atoms with van der Waals surface area (Å²) < 4.78 is 18.9. The second-order valence-electron chi connectivity index (χ2n) is 8.51. The van der Waals surface area contributed by atoms with Crippen molar-refractivity contribution in [1.29, 1.82) is 0 Å². The Hall–Kier alpha value is -3.72. The van der Waals surface area contributed by atoms with E-state index in [1.54, 1.807) is 35.0 Å². The zero-order chi connectivity index (χ0) is 27.5. The third-order valence-electron chi connectivity index (χ3n) is 6.12. The van der Waals surface area contributed by atoms with Crippen LogP contribution in [0, 0.1) is 0 Å². The Morgan fingerprint density at radius 3 is 2.46 bits per heavy atom. The number of hydrogen-bond donors (Lipinski definition) is 1. The first kappa shape index (κ1) is 26.9. The molecule has 0 aliphatic carbocycles. The normalized spacial score (nSPS) is 14.4. The van der Waals surface area contributed by atoms with Crippen LogP contribution in [-0.4, -0.2) is 34.5 Å². The number of carbonyl (C=O) groups excluding carboxylic acids is 1. The lowest BCUT2D eigenvalue weighted by Crippen LogP contribution is -2.29. The van der Waals surface area contributed by atoms with Gasteiger partial charge in [-0.15, -0.1) is 0 Å². The van der Waals surface area contributed by atoms with Crippen LogP contribution in [-0.2, 0) is 16.1 Å². The van der Waals surface area contributed by atoms with Crippen molar-refractivity contribution in [3.8, 4) is 11.5 Å². The van der Waals surface area contributed by atoms with Gasteiger partial charge in [0.25, 0.3) is 0 Å². The highest BCUT2D eigenvalue weighted by atomic mass is 35.5. The van der Waals surface area contributed by atoms with E-state index in [2.05, 4.69) is 15.4 Å². The van der Waals surface area contributed by atoms with Crippen LogP contribution in [0.5, 0.6) is 11.5 Å². The van der Waals surface area contributed by atoms with Gasteiger partial charge in [0.2, 0.25) is 5.95 Å². The van der Waals surface area contributed by atoms with Crippen LogP contribution < -0.4 is 14.8 Å². The number of methoxy groups -OCH3 is 1. The Labute approximate surface area is 240 Å². The summed E-state index contributed by atoms with van der Waals surface area (Å²) in [6.45, 7) is 2.49. The smallest absolute Gasteiger partial charge is 0.338 e. The van der Waals surface area contributed by atoms with Gasteiger partial charge in [0.15, 0.2) is 11.5 Å². The molecule has 1 aliphatic heterocycles. The highest BCUT2D eigenvalue weighted by Crippen LogP contribution is 2.41. The van der Waals surface area contributed by atoms with Gasteiger partial charge in [0, 0.05) is 20.6 Å². The molecule has 1 atom stereocenters. The van der Waals surface area contributed by atoms with Crippen molar-refractivity contribution < 1.29 is 19.0 Å². The van der Waals surface area contributed by atoms with Gasteiger partial charge in [-0.05, 0) is 54.4 Å². The zero-order valence-electron chi connectivity index (χ0n) is 21.0. The second-order valence-corrected chi connectivity index (χ2v) is 9.79. The number of hydrogen-bond acceptors (Lipinski definition) is 7. The van der Waals surface area contributed by atoms with Crippen molar-refractivity contribution in [2.75, 3.05) is 19.0 Å². The fourth-order valence-electron chi connectivity index (χ4n) is 4.32. The summed E-state index contributed by atoms with van der Waals surface area (Å²) in [6, 6.07) is 17.2. The van der Waals surface area contributed by atoms with Gasteiger partial charge < -0.3 is 19.5 Å². The largest absolute Gasteiger partial charge is 0.490 e. The van der Waals surface area contributed by atoms with Crippen LogP contribution in [0.3, 0.4) is 0 Å². The van der Waals surface area contributed by atoms with Gasteiger partial charge in [0.05, 0.1) is 25.0 Å². The Kier molecular flexibility index (Phi) is 7.97. The van der Waals surface area contributed by atoms with Crippen LogP contribution in [0.25, 0.3) is 5.70 Å². The van der Waals surface area contributed by atoms with E-state index < -0.39 is 12.0 Å². The molecular weight excluding hydrogens is 563 g/mol. The maximum absolute atomic E-state index is 13.2. The molecule has 11 heteroatoms. The lowest BCUT2D eigenvalue weighted by atomic mass is 9.92. The SMILES string of the molecule is CCOc1cc([C@@H]2C(C(=O)OC)=C(c3ccc(Cl)cc3)Nc3ncnn32)ccc1OCc1ccc(Cl)cc1Cl. The highest BCUT2D eigenvalue weighted by Gasteiger charge is 2.36. The zero-order valence-corrected chi connectivity index (χ0v) is 23.2. The molecule has 2 heterocycles. The minimum Gasteiger partial charge on any atom is -0.490 e. The number of nitrogens with zero attached hydrogens (tertiary/aromatic N) is 3. The fourth-order valence-corrected chi connectivity index (χ4v) is 4.91. The number of fused-ring (bicyclic) bond motifs is 1. The molecule has 0 fully saturated rings. The Morgan fingerprint density at radius 2 is 1.74 bits per heavy atom. The van der Waals surface area contributed by atoms with Crippen molar-refractivity contribution in [2.45, 2.75) is 19.6 Å². The number of anilines is 1. The van der Waals surface area contributed by atoms with Gasteiger partial charge in [-0.25, -0.2) is 9.48 Å². The number of carbonyl (C=O) groups is 1. The molecule has 0 saturated heterocycles. The lowest BCUT2D eigenvalue weighted by Gasteiger charge is -2.29. The van der Waals surface area contributed by atoms with E-state index in [0.717, 1.165) is 16.7 Å². The molecule has 0 unspecified atom stereocenters. The number of esters is 1. The van der Waals surface area contributed by atoms with Gasteiger partial charge >= 0.3 is 5.97 Å². The molecule has 4 aromatic rings. The maximum Gasteiger partial charge on any atom is 0.338 e. The summed E-state index contributed by atoms with van der Waals surface area (Å²) in [5.74, 6) is 0.959. The van der Waals surface area contributed by atoms with Crippen LogP contribution >= 0.6 is 34.8 Å². The van der Waals surface area contributed by atoms with Crippen molar-refractivity contribution in [2.24, 2.45) is 0 Å². The average Bonchev–Trinajstić information content (AvgIpc) is 3.41. The molecule has 0 saturated carbocycles. The Bertz CT molecular complexity index is 1550. The molecule has 1 aliphatic rings. The molecule has 5 rings (SSSR count). The van der Waals surface area contributed by atoms with Crippen LogP contribution in [0.1, 0.15) is 29.7 Å². The Morgan fingerprint density at radius 1 is 0.974 bits per heavy atom. The fraction of sp³-hybridized carbons (Fsp3) is 0.179. The topological polar surface area (TPSA) is 87.5 Å². The first-order valence-corrected chi connectivity index (χ1v) is 13.1. The maximum atomic E-state index is 13.2. The lowest BCUT2D eigenvalue weighted by molar-refractivity contribution is -0.136. The van der Waals surface area contributed by atoms with Crippen molar-refractivity contribution in [1.82, 2.24) is 14.8 Å². The van der Waals surface area contributed by atoms with Crippen molar-refractivity contribution >= 4 is 52.4 Å². The van der Waals surface area contributed by atoms with Gasteiger partial charge in [0.1, 0.15) is 19.0 Å². The highest BCUT2D eigenvalue weighted by molar-refractivity contribution is 6.35. The number of benzene rings is 3. The molecule has 0 spiro atoms. The molecule has 200 valence electrons. The molecule has 39 heavy (non-hydrogen) atoms. The first-order chi connectivity index (χ1) is 18.9. The third kappa shape index (κ3) is 5.54. The summed E-state index contributed by atoms with van der Waals surface area (Å²) in [7, 11) is 1.34. The van der Waals surface area contributed by atoms with E-state index in [-0.39, 0.29) is 6.61 Å². The molecule has 8 nitrogen and oxygen atoms in total. The van der Waals surface area contributed by atoms with E-state index in [1.807, 2.05) is 37.3 Å². The molecule has 0 bridgehead atoms. The molecule has 0 amide bonds. The Balaban J connectivity index is 1.58. The van der Waals surface area contributed by atoms with E-state index in [1.165, 1.54) is 13.4 Å². The predicted molar refractivity (Wildman–Crippen MR) is 151 cm³/mol. The summed E-state index contributed by atoms with van der Waals surface area (Å²) in [5, 5.41) is 9.25. The summed E-state index contributed by atoms with van der Waals surface area (Å²) in [6.07, 6.45) is 1.42. The van der Waals surface area contributed by atoms with Crippen LogP contribution in [0.2, 0.25) is 15.1 Å². The molecule has 1 N–H and O–H groups in total. The summed E-state index contributed by atoms with van der Waals surface area (Å²) in [5.41, 5.74) is 3.13.